The van der Waals surface area contributed by atoms with Crippen LogP contribution in [0.2, 0.25) is 0 Å². The number of benzene rings is 2. The highest BCUT2D eigenvalue weighted by Gasteiger charge is 2.36. The molecule has 1 aliphatic rings. The van der Waals surface area contributed by atoms with Crippen molar-refractivity contribution in [3.63, 3.8) is 0 Å². The summed E-state index contributed by atoms with van der Waals surface area (Å²) in [6.45, 7) is 9.55. The Morgan fingerprint density at radius 3 is 2.15 bits per heavy atom. The van der Waals surface area contributed by atoms with Crippen molar-refractivity contribution in [3.8, 4) is 0 Å². The molecule has 3 nitrogen and oxygen atoms in total. The monoisotopic (exact) mass is 412 g/mol. The van der Waals surface area contributed by atoms with E-state index in [1.807, 2.05) is 0 Å². The van der Waals surface area contributed by atoms with E-state index in [-0.39, 0.29) is 30.7 Å². The second-order valence-electron chi connectivity index (χ2n) is 7.54. The molecular formula is C22H34Cl2N2O. The van der Waals surface area contributed by atoms with E-state index in [9.17, 15) is 5.11 Å². The fourth-order valence-electron chi connectivity index (χ4n) is 4.14. The van der Waals surface area contributed by atoms with E-state index in [2.05, 4.69) is 73.2 Å². The van der Waals surface area contributed by atoms with E-state index in [0.717, 1.165) is 45.6 Å². The molecule has 5 heteroatoms. The van der Waals surface area contributed by atoms with Crippen LogP contribution in [-0.4, -0.2) is 60.3 Å². The lowest BCUT2D eigenvalue weighted by atomic mass is 9.76. The van der Waals surface area contributed by atoms with Gasteiger partial charge in [0.05, 0.1) is 5.60 Å². The van der Waals surface area contributed by atoms with Crippen LogP contribution in [0.3, 0.4) is 0 Å². The Hall–Kier alpha value is -0.840. The van der Waals surface area contributed by atoms with Gasteiger partial charge in [0.25, 0.3) is 0 Å². The minimum atomic E-state index is -0.659. The number of likely N-dealkylation sites (N-methyl/N-ethyl adjacent to an activating group) is 1. The zero-order valence-electron chi connectivity index (χ0n) is 16.7. The second kappa shape index (κ2) is 10.6. The summed E-state index contributed by atoms with van der Waals surface area (Å²) < 4.78 is 0. The van der Waals surface area contributed by atoms with E-state index in [0.29, 0.717) is 0 Å². The van der Waals surface area contributed by atoms with Crippen molar-refractivity contribution in [1.82, 2.24) is 9.80 Å². The minimum Gasteiger partial charge on any atom is -0.389 e. The average Bonchev–Trinajstić information content (AvgIpc) is 2.66. The van der Waals surface area contributed by atoms with Crippen molar-refractivity contribution >= 4 is 35.6 Å². The number of nitrogens with zero attached hydrogens (tertiary/aromatic N) is 2. The summed E-state index contributed by atoms with van der Waals surface area (Å²) in [5.74, 6) is 0.136. The van der Waals surface area contributed by atoms with Gasteiger partial charge in [-0.15, -0.1) is 24.8 Å². The standard InChI is InChI=1S/C22H32N2O.2ClH/c1-4-22(25,5-2)21(17-24-15-13-23(3)14-16-24)20-12-8-10-18-9-6-7-11-19(18)20;;/h6-12,21,25H,4-5,13-17H2,1-3H3;2*1H. The maximum Gasteiger partial charge on any atom is 0.0723 e. The molecule has 2 aromatic rings. The van der Waals surface area contributed by atoms with Crippen LogP contribution in [0.5, 0.6) is 0 Å². The predicted molar refractivity (Wildman–Crippen MR) is 121 cm³/mol. The van der Waals surface area contributed by atoms with Gasteiger partial charge in [-0.05, 0) is 36.2 Å². The fraction of sp³-hybridized carbons (Fsp3) is 0.545. The molecule has 152 valence electrons. The van der Waals surface area contributed by atoms with E-state index in [4.69, 9.17) is 0 Å². The van der Waals surface area contributed by atoms with Crippen molar-refractivity contribution in [2.45, 2.75) is 38.2 Å². The van der Waals surface area contributed by atoms with Crippen LogP contribution in [0.25, 0.3) is 10.8 Å². The number of piperazine rings is 1. The van der Waals surface area contributed by atoms with Gasteiger partial charge in [0.1, 0.15) is 0 Å². The highest BCUT2D eigenvalue weighted by Crippen LogP contribution is 2.38. The third-order valence-corrected chi connectivity index (χ3v) is 6.11. The van der Waals surface area contributed by atoms with Crippen molar-refractivity contribution in [3.05, 3.63) is 48.0 Å². The number of rotatable bonds is 6. The van der Waals surface area contributed by atoms with Gasteiger partial charge in [-0.1, -0.05) is 56.3 Å². The predicted octanol–water partition coefficient (Wildman–Crippen LogP) is 4.57. The summed E-state index contributed by atoms with van der Waals surface area (Å²) in [6.07, 6.45) is 1.57. The highest BCUT2D eigenvalue weighted by molar-refractivity contribution is 5.86. The largest absolute Gasteiger partial charge is 0.389 e. The van der Waals surface area contributed by atoms with Gasteiger partial charge in [-0.2, -0.15) is 0 Å². The highest BCUT2D eigenvalue weighted by atomic mass is 35.5. The first-order chi connectivity index (χ1) is 12.1. The van der Waals surface area contributed by atoms with Gasteiger partial charge < -0.3 is 14.9 Å². The van der Waals surface area contributed by atoms with Crippen molar-refractivity contribution in [2.75, 3.05) is 39.8 Å². The lowest BCUT2D eigenvalue weighted by Gasteiger charge is -2.41. The number of aliphatic hydroxyl groups is 1. The molecule has 0 aromatic heterocycles. The zero-order valence-corrected chi connectivity index (χ0v) is 18.4. The molecule has 1 fully saturated rings. The Balaban J connectivity index is 0.00000182. The van der Waals surface area contributed by atoms with Crippen molar-refractivity contribution in [1.29, 1.82) is 0 Å². The van der Waals surface area contributed by atoms with Crippen LogP contribution >= 0.6 is 24.8 Å². The molecule has 1 N–H and O–H groups in total. The molecule has 0 amide bonds. The summed E-state index contributed by atoms with van der Waals surface area (Å²) in [5.41, 5.74) is 0.635. The maximum atomic E-state index is 11.4. The normalized spacial score (nSPS) is 17.2. The van der Waals surface area contributed by atoms with E-state index in [1.54, 1.807) is 0 Å². The van der Waals surface area contributed by atoms with Crippen molar-refractivity contribution in [2.24, 2.45) is 0 Å². The molecule has 0 aliphatic carbocycles. The smallest absolute Gasteiger partial charge is 0.0723 e. The van der Waals surface area contributed by atoms with Crippen LogP contribution in [0.1, 0.15) is 38.2 Å². The van der Waals surface area contributed by atoms with Gasteiger partial charge >= 0.3 is 0 Å². The van der Waals surface area contributed by atoms with Gasteiger partial charge in [0, 0.05) is 38.6 Å². The third kappa shape index (κ3) is 5.36. The summed E-state index contributed by atoms with van der Waals surface area (Å²) in [6, 6.07) is 15.1. The molecule has 1 aliphatic heterocycles. The molecule has 1 unspecified atom stereocenters. The SMILES string of the molecule is CCC(O)(CC)C(CN1CCN(C)CC1)c1cccc2ccccc12.Cl.Cl. The lowest BCUT2D eigenvalue weighted by molar-refractivity contribution is -0.0107. The van der Waals surface area contributed by atoms with Crippen LogP contribution in [-0.2, 0) is 0 Å². The van der Waals surface area contributed by atoms with Crippen molar-refractivity contribution < 1.29 is 5.11 Å². The molecule has 0 spiro atoms. The first-order valence-electron chi connectivity index (χ1n) is 9.68. The molecule has 3 rings (SSSR count). The fourth-order valence-corrected chi connectivity index (χ4v) is 4.14. The lowest BCUT2D eigenvalue weighted by Crippen LogP contribution is -2.49. The van der Waals surface area contributed by atoms with Gasteiger partial charge in [-0.3, -0.25) is 0 Å². The van der Waals surface area contributed by atoms with Crippen LogP contribution in [0, 0.1) is 0 Å². The third-order valence-electron chi connectivity index (χ3n) is 6.11. The molecule has 1 heterocycles. The Bertz CT molecular complexity index is 692. The Morgan fingerprint density at radius 2 is 1.52 bits per heavy atom. The van der Waals surface area contributed by atoms with Gasteiger partial charge in [0.2, 0.25) is 0 Å². The quantitative estimate of drug-likeness (QED) is 0.752. The Kier molecular flexibility index (Phi) is 9.53. The summed E-state index contributed by atoms with van der Waals surface area (Å²) in [5, 5.41) is 14.0. The Morgan fingerprint density at radius 1 is 0.926 bits per heavy atom. The average molecular weight is 413 g/mol. The molecular weight excluding hydrogens is 379 g/mol. The van der Waals surface area contributed by atoms with E-state index < -0.39 is 5.60 Å². The molecule has 0 saturated carbocycles. The van der Waals surface area contributed by atoms with Crippen LogP contribution in [0.4, 0.5) is 0 Å². The minimum absolute atomic E-state index is 0. The van der Waals surface area contributed by atoms with Crippen LogP contribution in [0.15, 0.2) is 42.5 Å². The molecule has 0 bridgehead atoms. The summed E-state index contributed by atoms with van der Waals surface area (Å²) in [4.78, 5) is 4.91. The zero-order chi connectivity index (χ0) is 17.9. The molecule has 0 radical (unpaired) electrons. The molecule has 1 atom stereocenters. The first-order valence-corrected chi connectivity index (χ1v) is 9.68. The second-order valence-corrected chi connectivity index (χ2v) is 7.54. The number of fused-ring (bicyclic) bond motifs is 1. The number of hydrogen-bond acceptors (Lipinski definition) is 3. The molecule has 2 aromatic carbocycles. The molecule has 1 saturated heterocycles. The Labute approximate surface area is 176 Å². The number of halogens is 2. The van der Waals surface area contributed by atoms with Crippen LogP contribution < -0.4 is 0 Å². The number of hydrogen-bond donors (Lipinski definition) is 1. The topological polar surface area (TPSA) is 26.7 Å². The summed E-state index contributed by atoms with van der Waals surface area (Å²) >= 11 is 0. The van der Waals surface area contributed by atoms with Gasteiger partial charge in [-0.25, -0.2) is 0 Å². The first kappa shape index (κ1) is 24.2. The summed E-state index contributed by atoms with van der Waals surface area (Å²) in [7, 11) is 2.19. The van der Waals surface area contributed by atoms with E-state index in [1.165, 1.54) is 16.3 Å². The van der Waals surface area contributed by atoms with E-state index >= 15 is 0 Å². The maximum absolute atomic E-state index is 11.4. The molecule has 27 heavy (non-hydrogen) atoms. The van der Waals surface area contributed by atoms with Gasteiger partial charge in [0.15, 0.2) is 0 Å².